The minimum absolute atomic E-state index is 0.0272. The molecule has 0 aromatic heterocycles. The molecule has 0 radical (unpaired) electrons. The van der Waals surface area contributed by atoms with Gasteiger partial charge in [0.1, 0.15) is 0 Å². The Balaban J connectivity index is 2.64. The van der Waals surface area contributed by atoms with Crippen molar-refractivity contribution in [3.63, 3.8) is 0 Å². The second kappa shape index (κ2) is 4.59. The van der Waals surface area contributed by atoms with Gasteiger partial charge in [0.2, 0.25) is 0 Å². The molecule has 0 saturated carbocycles. The van der Waals surface area contributed by atoms with Crippen LogP contribution in [0.15, 0.2) is 24.3 Å². The van der Waals surface area contributed by atoms with Crippen LogP contribution >= 0.6 is 0 Å². The summed E-state index contributed by atoms with van der Waals surface area (Å²) in [6, 6.07) is 6.91. The number of hydrogen-bond donors (Lipinski definition) is 2. The van der Waals surface area contributed by atoms with Crippen molar-refractivity contribution >= 4 is 11.5 Å². The lowest BCUT2D eigenvalue weighted by atomic mass is 10.1. The van der Waals surface area contributed by atoms with Gasteiger partial charge < -0.3 is 5.32 Å². The van der Waals surface area contributed by atoms with Crippen LogP contribution in [0.5, 0.6) is 0 Å². The van der Waals surface area contributed by atoms with Crippen LogP contribution in [0, 0.1) is 0 Å². The van der Waals surface area contributed by atoms with Crippen molar-refractivity contribution in [2.24, 2.45) is 0 Å². The highest BCUT2D eigenvalue weighted by atomic mass is 17.1. The summed E-state index contributed by atoms with van der Waals surface area (Å²) in [5.74, 6) is 0.0324. The van der Waals surface area contributed by atoms with E-state index in [0.717, 1.165) is 5.69 Å². The smallest absolute Gasteiger partial charge is 0.159 e. The summed E-state index contributed by atoms with van der Waals surface area (Å²) in [6.07, 6.45) is 0. The van der Waals surface area contributed by atoms with Crippen LogP contribution in [-0.4, -0.2) is 17.8 Å². The van der Waals surface area contributed by atoms with Crippen LogP contribution in [0.25, 0.3) is 0 Å². The van der Waals surface area contributed by atoms with E-state index < -0.39 is 0 Å². The van der Waals surface area contributed by atoms with E-state index in [0.29, 0.717) is 5.56 Å². The van der Waals surface area contributed by atoms with Gasteiger partial charge in [0, 0.05) is 11.3 Å². The molecular weight excluding hydrogens is 170 g/mol. The molecule has 4 nitrogen and oxygen atoms in total. The fourth-order valence-corrected chi connectivity index (χ4v) is 0.938. The topological polar surface area (TPSA) is 58.6 Å². The molecule has 0 spiro atoms. The van der Waals surface area contributed by atoms with Gasteiger partial charge >= 0.3 is 0 Å². The van der Waals surface area contributed by atoms with Gasteiger partial charge in [-0.25, -0.2) is 10.1 Å². The van der Waals surface area contributed by atoms with E-state index in [2.05, 4.69) is 10.2 Å². The second-order valence-corrected chi connectivity index (χ2v) is 2.58. The second-order valence-electron chi connectivity index (χ2n) is 2.58. The molecular formula is C9H11NO3. The first-order valence-electron chi connectivity index (χ1n) is 3.85. The summed E-state index contributed by atoms with van der Waals surface area (Å²) in [4.78, 5) is 14.7. The molecule has 0 amide bonds. The number of Topliss-reactive ketones (excluding diaryl/α,β-unsaturated/α-hetero) is 1. The molecule has 2 N–H and O–H groups in total. The minimum Gasteiger partial charge on any atom is -0.360 e. The van der Waals surface area contributed by atoms with Gasteiger partial charge in [0.25, 0.3) is 0 Å². The van der Waals surface area contributed by atoms with Crippen LogP contribution in [0.2, 0.25) is 0 Å². The Morgan fingerprint density at radius 3 is 2.54 bits per heavy atom. The molecule has 70 valence electrons. The zero-order valence-corrected chi connectivity index (χ0v) is 7.28. The number of carbonyl (C=O) groups excluding carboxylic acids is 1. The van der Waals surface area contributed by atoms with Crippen molar-refractivity contribution in [3.05, 3.63) is 29.8 Å². The monoisotopic (exact) mass is 181 g/mol. The van der Waals surface area contributed by atoms with Crippen LogP contribution in [-0.2, 0) is 4.89 Å². The Bertz CT molecular complexity index is 281. The number of anilines is 1. The van der Waals surface area contributed by atoms with E-state index in [-0.39, 0.29) is 12.5 Å². The normalized spacial score (nSPS) is 9.69. The summed E-state index contributed by atoms with van der Waals surface area (Å²) in [5, 5.41) is 10.8. The van der Waals surface area contributed by atoms with Crippen molar-refractivity contribution in [3.8, 4) is 0 Å². The fraction of sp³-hybridized carbons (Fsp3) is 0.222. The molecule has 0 heterocycles. The molecule has 0 fully saturated rings. The SMILES string of the molecule is CC(=O)c1ccc(NCOO)cc1. The predicted octanol–water partition coefficient (Wildman–Crippen LogP) is 1.75. The Morgan fingerprint density at radius 2 is 2.08 bits per heavy atom. The quantitative estimate of drug-likeness (QED) is 0.321. The highest BCUT2D eigenvalue weighted by Gasteiger charge is 1.97. The zero-order valence-electron chi connectivity index (χ0n) is 7.28. The summed E-state index contributed by atoms with van der Waals surface area (Å²) >= 11 is 0. The lowest BCUT2D eigenvalue weighted by Crippen LogP contribution is -2.03. The molecule has 13 heavy (non-hydrogen) atoms. The zero-order chi connectivity index (χ0) is 9.68. The standard InChI is InChI=1S/C9H11NO3/c1-7(11)8-2-4-9(5-3-8)10-6-13-12/h2-5,10,12H,6H2,1H3. The van der Waals surface area contributed by atoms with E-state index in [1.54, 1.807) is 24.3 Å². The van der Waals surface area contributed by atoms with E-state index in [4.69, 9.17) is 5.26 Å². The third kappa shape index (κ3) is 2.85. The predicted molar refractivity (Wildman–Crippen MR) is 48.7 cm³/mol. The van der Waals surface area contributed by atoms with Crippen molar-refractivity contribution in [2.45, 2.75) is 6.92 Å². The maximum atomic E-state index is 10.9. The molecule has 4 heteroatoms. The van der Waals surface area contributed by atoms with E-state index in [1.165, 1.54) is 6.92 Å². The first-order chi connectivity index (χ1) is 6.24. The highest BCUT2D eigenvalue weighted by Crippen LogP contribution is 2.09. The molecule has 0 aliphatic carbocycles. The van der Waals surface area contributed by atoms with Crippen molar-refractivity contribution in [2.75, 3.05) is 12.0 Å². The molecule has 0 aliphatic rings. The molecule has 0 aliphatic heterocycles. The molecule has 0 unspecified atom stereocenters. The lowest BCUT2D eigenvalue weighted by Gasteiger charge is -2.03. The third-order valence-corrected chi connectivity index (χ3v) is 1.63. The molecule has 1 aromatic carbocycles. The van der Waals surface area contributed by atoms with E-state index >= 15 is 0 Å². The molecule has 0 atom stereocenters. The molecule has 1 rings (SSSR count). The van der Waals surface area contributed by atoms with Gasteiger partial charge in [-0.1, -0.05) is 0 Å². The number of ketones is 1. The fourth-order valence-electron chi connectivity index (χ4n) is 0.938. The maximum absolute atomic E-state index is 10.9. The average molecular weight is 181 g/mol. The van der Waals surface area contributed by atoms with Crippen molar-refractivity contribution < 1.29 is 14.9 Å². The van der Waals surface area contributed by atoms with Crippen LogP contribution < -0.4 is 5.32 Å². The van der Waals surface area contributed by atoms with Crippen LogP contribution in [0.1, 0.15) is 17.3 Å². The summed E-state index contributed by atoms with van der Waals surface area (Å²) in [5.41, 5.74) is 1.45. The molecule has 0 bridgehead atoms. The van der Waals surface area contributed by atoms with Crippen LogP contribution in [0.4, 0.5) is 5.69 Å². The highest BCUT2D eigenvalue weighted by molar-refractivity contribution is 5.94. The van der Waals surface area contributed by atoms with E-state index in [9.17, 15) is 4.79 Å². The summed E-state index contributed by atoms with van der Waals surface area (Å²) < 4.78 is 0. The summed E-state index contributed by atoms with van der Waals surface area (Å²) in [7, 11) is 0. The van der Waals surface area contributed by atoms with Gasteiger partial charge in [0.05, 0.1) is 0 Å². The van der Waals surface area contributed by atoms with Crippen molar-refractivity contribution in [1.82, 2.24) is 0 Å². The van der Waals surface area contributed by atoms with E-state index in [1.807, 2.05) is 0 Å². The number of hydrogen-bond acceptors (Lipinski definition) is 4. The molecule has 1 aromatic rings. The lowest BCUT2D eigenvalue weighted by molar-refractivity contribution is -0.235. The number of benzene rings is 1. The minimum atomic E-state index is 0.0272. The molecule has 0 saturated heterocycles. The van der Waals surface area contributed by atoms with Crippen LogP contribution in [0.3, 0.4) is 0 Å². The first kappa shape index (κ1) is 9.70. The number of rotatable bonds is 4. The van der Waals surface area contributed by atoms with Gasteiger partial charge in [-0.15, -0.1) is 0 Å². The number of nitrogens with one attached hydrogen (secondary N) is 1. The van der Waals surface area contributed by atoms with Gasteiger partial charge in [-0.2, -0.15) is 0 Å². The Hall–Kier alpha value is -1.39. The third-order valence-electron chi connectivity index (χ3n) is 1.63. The maximum Gasteiger partial charge on any atom is 0.159 e. The van der Waals surface area contributed by atoms with Gasteiger partial charge in [-0.05, 0) is 31.2 Å². The van der Waals surface area contributed by atoms with Gasteiger partial charge in [-0.3, -0.25) is 4.79 Å². The van der Waals surface area contributed by atoms with Crippen molar-refractivity contribution in [1.29, 1.82) is 0 Å². The largest absolute Gasteiger partial charge is 0.360 e. The number of carbonyl (C=O) groups is 1. The summed E-state index contributed by atoms with van der Waals surface area (Å²) in [6.45, 7) is 1.54. The Kier molecular flexibility index (Phi) is 3.42. The Morgan fingerprint density at radius 1 is 1.46 bits per heavy atom. The van der Waals surface area contributed by atoms with Gasteiger partial charge in [0.15, 0.2) is 12.5 Å². The average Bonchev–Trinajstić information content (AvgIpc) is 2.15. The Labute approximate surface area is 76.1 Å². The first-order valence-corrected chi connectivity index (χ1v) is 3.85.